The summed E-state index contributed by atoms with van der Waals surface area (Å²) >= 11 is 0. The maximum Gasteiger partial charge on any atom is 0.193 e. The smallest absolute Gasteiger partial charge is 0.193 e. The molecule has 0 heterocycles. The zero-order valence-electron chi connectivity index (χ0n) is 11.4. The van der Waals surface area contributed by atoms with Crippen LogP contribution in [0.5, 0.6) is 5.75 Å². The Morgan fingerprint density at radius 1 is 1.05 bits per heavy atom. The van der Waals surface area contributed by atoms with Crippen LogP contribution in [0.2, 0.25) is 0 Å². The average Bonchev–Trinajstić information content (AvgIpc) is 2.42. The number of nitrogen functional groups attached to an aromatic ring is 1. The molecule has 0 spiro atoms. The fraction of sp³-hybridized carbons (Fsp3) is 0.188. The predicted octanol–water partition coefficient (Wildman–Crippen LogP) is 3.13. The van der Waals surface area contributed by atoms with E-state index in [2.05, 4.69) is 0 Å². The molecule has 0 fully saturated rings. The van der Waals surface area contributed by atoms with Crippen LogP contribution in [0.25, 0.3) is 0 Å². The van der Waals surface area contributed by atoms with Gasteiger partial charge in [0.1, 0.15) is 5.75 Å². The number of hydrogen-bond donors (Lipinski definition) is 1. The van der Waals surface area contributed by atoms with Crippen molar-refractivity contribution in [3.05, 3.63) is 58.7 Å². The molecule has 0 aromatic heterocycles. The van der Waals surface area contributed by atoms with E-state index in [-0.39, 0.29) is 5.78 Å². The normalized spacial score (nSPS) is 10.3. The highest BCUT2D eigenvalue weighted by atomic mass is 16.5. The molecule has 2 aromatic rings. The summed E-state index contributed by atoms with van der Waals surface area (Å²) in [7, 11) is 1.60. The second-order valence-corrected chi connectivity index (χ2v) is 4.58. The molecular weight excluding hydrogens is 238 g/mol. The molecular formula is C16H17NO2. The van der Waals surface area contributed by atoms with Gasteiger partial charge < -0.3 is 10.5 Å². The van der Waals surface area contributed by atoms with Crippen molar-refractivity contribution in [2.24, 2.45) is 0 Å². The third-order valence-electron chi connectivity index (χ3n) is 3.21. The fourth-order valence-corrected chi connectivity index (χ4v) is 2.01. The zero-order chi connectivity index (χ0) is 14.0. The number of ketones is 1. The number of methoxy groups -OCH3 is 1. The van der Waals surface area contributed by atoms with E-state index in [1.54, 1.807) is 37.4 Å². The number of carbonyl (C=O) groups is 1. The van der Waals surface area contributed by atoms with Gasteiger partial charge in [0.2, 0.25) is 0 Å². The highest BCUT2D eigenvalue weighted by molar-refractivity contribution is 6.10. The van der Waals surface area contributed by atoms with Crippen LogP contribution in [0, 0.1) is 13.8 Å². The molecule has 0 unspecified atom stereocenters. The van der Waals surface area contributed by atoms with Gasteiger partial charge in [0.15, 0.2) is 5.78 Å². The quantitative estimate of drug-likeness (QED) is 0.677. The lowest BCUT2D eigenvalue weighted by molar-refractivity contribution is 0.103. The number of anilines is 1. The minimum atomic E-state index is -0.0214. The molecule has 2 aromatic carbocycles. The minimum Gasteiger partial charge on any atom is -0.497 e. The number of ether oxygens (including phenoxy) is 1. The molecule has 2 N–H and O–H groups in total. The van der Waals surface area contributed by atoms with Crippen LogP contribution in [0.4, 0.5) is 5.69 Å². The van der Waals surface area contributed by atoms with Gasteiger partial charge in [0.25, 0.3) is 0 Å². The number of carbonyl (C=O) groups excluding carboxylic acids is 1. The van der Waals surface area contributed by atoms with E-state index >= 15 is 0 Å². The Morgan fingerprint density at radius 2 is 1.68 bits per heavy atom. The van der Waals surface area contributed by atoms with Gasteiger partial charge in [-0.05, 0) is 55.3 Å². The lowest BCUT2D eigenvalue weighted by atomic mass is 9.96. The number of aryl methyl sites for hydroxylation is 2. The minimum absolute atomic E-state index is 0.0214. The van der Waals surface area contributed by atoms with E-state index in [0.717, 1.165) is 16.9 Å². The second kappa shape index (κ2) is 5.14. The lowest BCUT2D eigenvalue weighted by Crippen LogP contribution is -2.05. The third kappa shape index (κ3) is 2.60. The molecule has 0 aliphatic heterocycles. The van der Waals surface area contributed by atoms with Crippen LogP contribution in [0.3, 0.4) is 0 Å². The average molecular weight is 255 g/mol. The van der Waals surface area contributed by atoms with Crippen molar-refractivity contribution in [3.63, 3.8) is 0 Å². The molecule has 0 radical (unpaired) electrons. The maximum atomic E-state index is 12.4. The number of rotatable bonds is 3. The Balaban J connectivity index is 2.40. The van der Waals surface area contributed by atoms with Crippen molar-refractivity contribution in [2.75, 3.05) is 12.8 Å². The van der Waals surface area contributed by atoms with Crippen molar-refractivity contribution >= 4 is 11.5 Å². The molecule has 98 valence electrons. The van der Waals surface area contributed by atoms with Gasteiger partial charge in [-0.3, -0.25) is 4.79 Å². The fourth-order valence-electron chi connectivity index (χ4n) is 2.01. The third-order valence-corrected chi connectivity index (χ3v) is 3.21. The first-order chi connectivity index (χ1) is 9.02. The standard InChI is InChI=1S/C16H17NO2/c1-10-8-11(2)15(17)9-14(10)16(18)12-4-6-13(19-3)7-5-12/h4-9H,17H2,1-3H3. The van der Waals surface area contributed by atoms with E-state index in [1.807, 2.05) is 19.9 Å². The number of benzene rings is 2. The molecule has 0 atom stereocenters. The SMILES string of the molecule is COc1ccc(C(=O)c2cc(N)c(C)cc2C)cc1. The maximum absolute atomic E-state index is 12.4. The second-order valence-electron chi connectivity index (χ2n) is 4.58. The summed E-state index contributed by atoms with van der Waals surface area (Å²) in [4.78, 5) is 12.4. The summed E-state index contributed by atoms with van der Waals surface area (Å²) in [5.41, 5.74) is 9.73. The van der Waals surface area contributed by atoms with Crippen LogP contribution in [-0.2, 0) is 0 Å². The largest absolute Gasteiger partial charge is 0.497 e. The molecule has 0 saturated heterocycles. The number of nitrogens with two attached hydrogens (primary N) is 1. The van der Waals surface area contributed by atoms with Crippen LogP contribution in [0.1, 0.15) is 27.0 Å². The summed E-state index contributed by atoms with van der Waals surface area (Å²) in [6, 6.07) is 10.8. The van der Waals surface area contributed by atoms with Gasteiger partial charge in [-0.15, -0.1) is 0 Å². The van der Waals surface area contributed by atoms with Gasteiger partial charge in [0, 0.05) is 16.8 Å². The van der Waals surface area contributed by atoms with Gasteiger partial charge >= 0.3 is 0 Å². The predicted molar refractivity (Wildman–Crippen MR) is 76.8 cm³/mol. The van der Waals surface area contributed by atoms with E-state index in [4.69, 9.17) is 10.5 Å². The van der Waals surface area contributed by atoms with Gasteiger partial charge in [0.05, 0.1) is 7.11 Å². The summed E-state index contributed by atoms with van der Waals surface area (Å²) < 4.78 is 5.08. The number of hydrogen-bond acceptors (Lipinski definition) is 3. The highest BCUT2D eigenvalue weighted by Crippen LogP contribution is 2.21. The Hall–Kier alpha value is -2.29. The first-order valence-electron chi connectivity index (χ1n) is 6.08. The molecule has 2 rings (SSSR count). The Bertz CT molecular complexity index is 615. The van der Waals surface area contributed by atoms with Crippen molar-refractivity contribution in [3.8, 4) is 5.75 Å². The molecule has 0 aliphatic rings. The van der Waals surface area contributed by atoms with E-state index in [1.165, 1.54) is 0 Å². The summed E-state index contributed by atoms with van der Waals surface area (Å²) in [5, 5.41) is 0. The monoisotopic (exact) mass is 255 g/mol. The van der Waals surface area contributed by atoms with E-state index in [9.17, 15) is 4.79 Å². The van der Waals surface area contributed by atoms with Crippen molar-refractivity contribution in [1.29, 1.82) is 0 Å². The van der Waals surface area contributed by atoms with Crippen molar-refractivity contribution in [2.45, 2.75) is 13.8 Å². The van der Waals surface area contributed by atoms with Crippen LogP contribution >= 0.6 is 0 Å². The zero-order valence-corrected chi connectivity index (χ0v) is 11.4. The lowest BCUT2D eigenvalue weighted by Gasteiger charge is -2.09. The summed E-state index contributed by atoms with van der Waals surface area (Å²) in [5.74, 6) is 0.712. The Morgan fingerprint density at radius 3 is 2.26 bits per heavy atom. The van der Waals surface area contributed by atoms with Gasteiger partial charge in [-0.25, -0.2) is 0 Å². The van der Waals surface area contributed by atoms with Crippen LogP contribution < -0.4 is 10.5 Å². The summed E-state index contributed by atoms with van der Waals surface area (Å²) in [6.07, 6.45) is 0. The van der Waals surface area contributed by atoms with Gasteiger partial charge in [-0.1, -0.05) is 6.07 Å². The van der Waals surface area contributed by atoms with Crippen molar-refractivity contribution < 1.29 is 9.53 Å². The van der Waals surface area contributed by atoms with Gasteiger partial charge in [-0.2, -0.15) is 0 Å². The van der Waals surface area contributed by atoms with Crippen LogP contribution in [0.15, 0.2) is 36.4 Å². The first-order valence-corrected chi connectivity index (χ1v) is 6.08. The Kier molecular flexibility index (Phi) is 3.56. The molecule has 3 nitrogen and oxygen atoms in total. The van der Waals surface area contributed by atoms with E-state index < -0.39 is 0 Å². The Labute approximate surface area is 113 Å². The molecule has 0 saturated carbocycles. The van der Waals surface area contributed by atoms with Crippen molar-refractivity contribution in [1.82, 2.24) is 0 Å². The first kappa shape index (κ1) is 13.1. The molecule has 0 amide bonds. The molecule has 3 heteroatoms. The topological polar surface area (TPSA) is 52.3 Å². The summed E-state index contributed by atoms with van der Waals surface area (Å²) in [6.45, 7) is 3.85. The van der Waals surface area contributed by atoms with Crippen LogP contribution in [-0.4, -0.2) is 12.9 Å². The van der Waals surface area contributed by atoms with E-state index in [0.29, 0.717) is 16.8 Å². The molecule has 0 aliphatic carbocycles. The highest BCUT2D eigenvalue weighted by Gasteiger charge is 2.13. The molecule has 19 heavy (non-hydrogen) atoms. The molecule has 0 bridgehead atoms.